The average molecular weight is 431 g/mol. The molecule has 0 spiro atoms. The minimum atomic E-state index is -3.64. The first-order valence-electron chi connectivity index (χ1n) is 9.87. The van der Waals surface area contributed by atoms with Gasteiger partial charge >= 0.3 is 0 Å². The van der Waals surface area contributed by atoms with E-state index in [1.165, 1.54) is 13.2 Å². The van der Waals surface area contributed by atoms with Crippen LogP contribution in [0.15, 0.2) is 47.4 Å². The summed E-state index contributed by atoms with van der Waals surface area (Å²) in [5, 5.41) is 2.69. The van der Waals surface area contributed by atoms with Gasteiger partial charge in [-0.15, -0.1) is 0 Å². The second kappa shape index (κ2) is 8.87. The molecule has 0 saturated carbocycles. The molecule has 8 heteroatoms. The first kappa shape index (κ1) is 21.8. The van der Waals surface area contributed by atoms with E-state index in [4.69, 9.17) is 4.74 Å². The lowest BCUT2D eigenvalue weighted by Crippen LogP contribution is -2.35. The normalized spacial score (nSPS) is 15.6. The molecule has 0 unspecified atom stereocenters. The largest absolute Gasteiger partial charge is 0.495 e. The Kier molecular flexibility index (Phi) is 6.45. The number of amides is 2. The third-order valence-corrected chi connectivity index (χ3v) is 6.89. The van der Waals surface area contributed by atoms with Crippen LogP contribution in [0.4, 0.5) is 11.4 Å². The Morgan fingerprint density at radius 3 is 2.63 bits per heavy atom. The molecule has 0 aliphatic carbocycles. The summed E-state index contributed by atoms with van der Waals surface area (Å²) >= 11 is 0. The molecule has 2 aromatic rings. The predicted octanol–water partition coefficient (Wildman–Crippen LogP) is 3.19. The van der Waals surface area contributed by atoms with Crippen LogP contribution >= 0.6 is 0 Å². The van der Waals surface area contributed by atoms with E-state index < -0.39 is 15.7 Å². The number of carbonyl (C=O) groups excluding carboxylic acids is 2. The van der Waals surface area contributed by atoms with Gasteiger partial charge in [0.05, 0.1) is 23.4 Å². The van der Waals surface area contributed by atoms with Crippen molar-refractivity contribution in [2.45, 2.75) is 44.0 Å². The zero-order valence-corrected chi connectivity index (χ0v) is 18.2. The second-order valence-corrected chi connectivity index (χ2v) is 9.39. The van der Waals surface area contributed by atoms with Gasteiger partial charge in [-0.25, -0.2) is 8.42 Å². The Bertz CT molecular complexity index is 1060. The molecule has 160 valence electrons. The third kappa shape index (κ3) is 4.48. The molecule has 1 aliphatic heterocycles. The molecule has 0 bridgehead atoms. The van der Waals surface area contributed by atoms with Gasteiger partial charge in [-0.05, 0) is 49.2 Å². The zero-order valence-electron chi connectivity index (χ0n) is 17.3. The number of ether oxygens (including phenoxy) is 1. The third-order valence-electron chi connectivity index (χ3n) is 5.18. The highest BCUT2D eigenvalue weighted by atomic mass is 32.2. The van der Waals surface area contributed by atoms with Crippen molar-refractivity contribution in [2.75, 3.05) is 23.1 Å². The number of sulfone groups is 1. The Morgan fingerprint density at radius 1 is 1.20 bits per heavy atom. The van der Waals surface area contributed by atoms with Gasteiger partial charge in [-0.2, -0.15) is 0 Å². The van der Waals surface area contributed by atoms with E-state index in [1.807, 2.05) is 13.8 Å². The number of nitrogens with zero attached hydrogens (tertiary/aromatic N) is 1. The van der Waals surface area contributed by atoms with Crippen LogP contribution in [0.5, 0.6) is 5.75 Å². The Hall–Kier alpha value is -2.87. The summed E-state index contributed by atoms with van der Waals surface area (Å²) in [5.74, 6) is -0.185. The van der Waals surface area contributed by atoms with Gasteiger partial charge in [0.1, 0.15) is 5.75 Å². The topological polar surface area (TPSA) is 92.8 Å². The molecule has 0 saturated heterocycles. The van der Waals surface area contributed by atoms with Crippen molar-refractivity contribution in [1.82, 2.24) is 0 Å². The van der Waals surface area contributed by atoms with Crippen LogP contribution in [0, 0.1) is 0 Å². The van der Waals surface area contributed by atoms with Crippen molar-refractivity contribution in [3.8, 4) is 5.75 Å². The SMILES string of the molecule is CCC(=O)N1c2ccc(S(=O)(=O)CCC(=O)Nc3ccccc3OC)cc2C[C@@H]1C. The lowest BCUT2D eigenvalue weighted by Gasteiger charge is -2.22. The van der Waals surface area contributed by atoms with Crippen LogP contribution in [0.25, 0.3) is 0 Å². The summed E-state index contributed by atoms with van der Waals surface area (Å²) in [5.41, 5.74) is 2.10. The first-order valence-corrected chi connectivity index (χ1v) is 11.5. The summed E-state index contributed by atoms with van der Waals surface area (Å²) in [7, 11) is -2.14. The molecule has 3 rings (SSSR count). The number of hydrogen-bond acceptors (Lipinski definition) is 5. The Balaban J connectivity index is 1.70. The maximum absolute atomic E-state index is 12.8. The van der Waals surface area contributed by atoms with E-state index >= 15 is 0 Å². The zero-order chi connectivity index (χ0) is 21.9. The van der Waals surface area contributed by atoms with Crippen molar-refractivity contribution in [2.24, 2.45) is 0 Å². The van der Waals surface area contributed by atoms with E-state index in [2.05, 4.69) is 5.32 Å². The number of carbonyl (C=O) groups is 2. The number of fused-ring (bicyclic) bond motifs is 1. The molecule has 0 fully saturated rings. The molecule has 0 aromatic heterocycles. The molecule has 7 nitrogen and oxygen atoms in total. The van der Waals surface area contributed by atoms with Gasteiger partial charge in [-0.3, -0.25) is 9.59 Å². The monoisotopic (exact) mass is 430 g/mol. The van der Waals surface area contributed by atoms with Crippen molar-refractivity contribution in [3.63, 3.8) is 0 Å². The lowest BCUT2D eigenvalue weighted by molar-refractivity contribution is -0.118. The van der Waals surface area contributed by atoms with Crippen LogP contribution in [0.2, 0.25) is 0 Å². The summed E-state index contributed by atoms with van der Waals surface area (Å²) < 4.78 is 30.7. The van der Waals surface area contributed by atoms with Crippen LogP contribution < -0.4 is 15.0 Å². The minimum absolute atomic E-state index is 0.00275. The highest BCUT2D eigenvalue weighted by Crippen LogP contribution is 2.34. The fourth-order valence-corrected chi connectivity index (χ4v) is 4.94. The molecular formula is C22H26N2O5S. The van der Waals surface area contributed by atoms with Crippen LogP contribution in [0.1, 0.15) is 32.3 Å². The van der Waals surface area contributed by atoms with Gasteiger partial charge < -0.3 is 15.0 Å². The van der Waals surface area contributed by atoms with Crippen LogP contribution in [0.3, 0.4) is 0 Å². The van der Waals surface area contributed by atoms with Crippen molar-refractivity contribution in [1.29, 1.82) is 0 Å². The van der Waals surface area contributed by atoms with Gasteiger partial charge in [0, 0.05) is 24.6 Å². The highest BCUT2D eigenvalue weighted by Gasteiger charge is 2.31. The number of nitrogens with one attached hydrogen (secondary N) is 1. The maximum Gasteiger partial charge on any atom is 0.226 e. The molecule has 1 N–H and O–H groups in total. The lowest BCUT2D eigenvalue weighted by atomic mass is 10.1. The Morgan fingerprint density at radius 2 is 1.93 bits per heavy atom. The van der Waals surface area contributed by atoms with E-state index in [-0.39, 0.29) is 29.0 Å². The summed E-state index contributed by atoms with van der Waals surface area (Å²) in [6.07, 6.45) is 0.832. The van der Waals surface area contributed by atoms with Gasteiger partial charge in [0.2, 0.25) is 11.8 Å². The number of para-hydroxylation sites is 2. The average Bonchev–Trinajstić information content (AvgIpc) is 3.07. The maximum atomic E-state index is 12.8. The molecule has 1 heterocycles. The highest BCUT2D eigenvalue weighted by molar-refractivity contribution is 7.91. The van der Waals surface area contributed by atoms with Crippen molar-refractivity contribution in [3.05, 3.63) is 48.0 Å². The van der Waals surface area contributed by atoms with Crippen molar-refractivity contribution < 1.29 is 22.7 Å². The molecule has 2 amide bonds. The summed E-state index contributed by atoms with van der Waals surface area (Å²) in [6.45, 7) is 3.76. The van der Waals surface area contributed by atoms with E-state index in [9.17, 15) is 18.0 Å². The smallest absolute Gasteiger partial charge is 0.226 e. The number of benzene rings is 2. The van der Waals surface area contributed by atoms with Gasteiger partial charge in [0.15, 0.2) is 9.84 Å². The molecule has 1 aliphatic rings. The van der Waals surface area contributed by atoms with E-state index in [0.29, 0.717) is 24.3 Å². The van der Waals surface area contributed by atoms with E-state index in [1.54, 1.807) is 41.3 Å². The standard InChI is InChI=1S/C22H26N2O5S/c1-4-22(26)24-15(2)13-16-14-17(9-10-19(16)24)30(27,28)12-11-21(25)23-18-7-5-6-8-20(18)29-3/h5-10,14-15H,4,11-13H2,1-3H3,(H,23,25)/t15-/m0/s1. The number of hydrogen-bond donors (Lipinski definition) is 1. The van der Waals surface area contributed by atoms with E-state index in [0.717, 1.165) is 11.3 Å². The van der Waals surface area contributed by atoms with Crippen molar-refractivity contribution >= 4 is 33.0 Å². The number of anilines is 2. The summed E-state index contributed by atoms with van der Waals surface area (Å²) in [6, 6.07) is 11.8. The minimum Gasteiger partial charge on any atom is -0.495 e. The van der Waals surface area contributed by atoms with Crippen LogP contribution in [-0.4, -0.2) is 39.1 Å². The van der Waals surface area contributed by atoms with Gasteiger partial charge in [0.25, 0.3) is 0 Å². The van der Waals surface area contributed by atoms with Gasteiger partial charge in [-0.1, -0.05) is 19.1 Å². The predicted molar refractivity (Wildman–Crippen MR) is 116 cm³/mol. The second-order valence-electron chi connectivity index (χ2n) is 7.28. The molecule has 1 atom stereocenters. The molecular weight excluding hydrogens is 404 g/mol. The summed E-state index contributed by atoms with van der Waals surface area (Å²) in [4.78, 5) is 26.4. The number of methoxy groups -OCH3 is 1. The fourth-order valence-electron chi connectivity index (χ4n) is 3.66. The Labute approximate surface area is 177 Å². The quantitative estimate of drug-likeness (QED) is 0.728. The molecule has 2 aromatic carbocycles. The first-order chi connectivity index (χ1) is 14.3. The van der Waals surface area contributed by atoms with Crippen LogP contribution in [-0.2, 0) is 25.8 Å². The fraction of sp³-hybridized carbons (Fsp3) is 0.364. The molecule has 30 heavy (non-hydrogen) atoms. The number of rotatable bonds is 7. The molecule has 0 radical (unpaired) electrons.